The largest absolute Gasteiger partial charge is 0.381 e. The lowest BCUT2D eigenvalue weighted by molar-refractivity contribution is -0.0855. The van der Waals surface area contributed by atoms with Crippen molar-refractivity contribution in [2.45, 2.75) is 39.0 Å². The van der Waals surface area contributed by atoms with Gasteiger partial charge in [0.25, 0.3) is 0 Å². The molecule has 1 aromatic rings. The molecule has 3 unspecified atom stereocenters. The first-order valence-electron chi connectivity index (χ1n) is 5.81. The fourth-order valence-electron chi connectivity index (χ4n) is 3.63. The number of aromatic nitrogens is 1. The molecule has 0 spiro atoms. The zero-order chi connectivity index (χ0) is 10.6. The highest BCUT2D eigenvalue weighted by Crippen LogP contribution is 2.63. The van der Waals surface area contributed by atoms with Crippen molar-refractivity contribution < 1.29 is 4.52 Å². The van der Waals surface area contributed by atoms with Gasteiger partial charge in [-0.2, -0.15) is 0 Å². The molecule has 3 fully saturated rings. The summed E-state index contributed by atoms with van der Waals surface area (Å²) < 4.78 is 5.32. The summed E-state index contributed by atoms with van der Waals surface area (Å²) in [4.78, 5) is 0. The molecule has 1 aromatic heterocycles. The average Bonchev–Trinajstić information content (AvgIpc) is 2.64. The van der Waals surface area contributed by atoms with Crippen LogP contribution in [-0.4, -0.2) is 5.16 Å². The van der Waals surface area contributed by atoms with Gasteiger partial charge in [0, 0.05) is 12.0 Å². The summed E-state index contributed by atoms with van der Waals surface area (Å²) in [5.41, 5.74) is 6.10. The molecular weight excluding hydrogens is 188 g/mol. The monoisotopic (exact) mass is 206 g/mol. The van der Waals surface area contributed by atoms with E-state index in [-0.39, 0.29) is 0 Å². The van der Waals surface area contributed by atoms with Crippen molar-refractivity contribution in [3.63, 3.8) is 0 Å². The first kappa shape index (κ1) is 9.25. The predicted octanol–water partition coefficient (Wildman–Crippen LogP) is 2.80. The highest BCUT2D eigenvalue weighted by Gasteiger charge is 2.55. The van der Waals surface area contributed by atoms with Gasteiger partial charge in [0.2, 0.25) is 0 Å². The Labute approximate surface area is 90.0 Å². The minimum absolute atomic E-state index is 0.491. The van der Waals surface area contributed by atoms with Crippen LogP contribution in [0.3, 0.4) is 0 Å². The highest BCUT2D eigenvalue weighted by atomic mass is 16.5. The Morgan fingerprint density at radius 3 is 2.80 bits per heavy atom. The lowest BCUT2D eigenvalue weighted by Crippen LogP contribution is -2.51. The normalized spacial score (nSPS) is 37.3. The van der Waals surface area contributed by atoms with Crippen molar-refractivity contribution in [1.29, 1.82) is 0 Å². The van der Waals surface area contributed by atoms with Gasteiger partial charge in [0.15, 0.2) is 5.82 Å². The van der Waals surface area contributed by atoms with E-state index in [9.17, 15) is 0 Å². The maximum atomic E-state index is 5.61. The van der Waals surface area contributed by atoms with Gasteiger partial charge in [-0.1, -0.05) is 19.0 Å². The van der Waals surface area contributed by atoms with Crippen LogP contribution in [0.1, 0.15) is 44.8 Å². The molecule has 3 heteroatoms. The average molecular weight is 206 g/mol. The number of anilines is 1. The Balaban J connectivity index is 1.88. The fraction of sp³-hybridized carbons (Fsp3) is 0.750. The quantitative estimate of drug-likeness (QED) is 0.768. The Morgan fingerprint density at radius 1 is 1.47 bits per heavy atom. The number of hydrogen-bond acceptors (Lipinski definition) is 3. The third kappa shape index (κ3) is 1.15. The van der Waals surface area contributed by atoms with E-state index in [4.69, 9.17) is 10.3 Å². The van der Waals surface area contributed by atoms with Gasteiger partial charge in [-0.3, -0.25) is 0 Å². The standard InChI is InChI=1S/C12H18N2O/c1-12(2)7-3-4-8(9(12)5-7)10-6-11(13)14-15-10/h6-9H,3-5H2,1-2H3,(H2,13,14). The Hall–Kier alpha value is -0.990. The molecule has 0 amide bonds. The van der Waals surface area contributed by atoms with Gasteiger partial charge in [-0.15, -0.1) is 0 Å². The molecule has 82 valence electrons. The van der Waals surface area contributed by atoms with E-state index < -0.39 is 0 Å². The Morgan fingerprint density at radius 2 is 2.27 bits per heavy atom. The van der Waals surface area contributed by atoms with Gasteiger partial charge in [-0.25, -0.2) is 0 Å². The third-order valence-electron chi connectivity index (χ3n) is 4.77. The molecule has 3 aliphatic rings. The Kier molecular flexibility index (Phi) is 1.71. The number of hydrogen-bond donors (Lipinski definition) is 1. The number of nitrogens with two attached hydrogens (primary N) is 1. The molecule has 3 aliphatic carbocycles. The van der Waals surface area contributed by atoms with Crippen molar-refractivity contribution in [1.82, 2.24) is 5.16 Å². The molecule has 15 heavy (non-hydrogen) atoms. The minimum Gasteiger partial charge on any atom is -0.381 e. The predicted molar refractivity (Wildman–Crippen MR) is 58.3 cm³/mol. The van der Waals surface area contributed by atoms with E-state index in [0.717, 1.165) is 17.6 Å². The molecule has 0 aliphatic heterocycles. The van der Waals surface area contributed by atoms with E-state index in [0.29, 0.717) is 17.2 Å². The van der Waals surface area contributed by atoms with Gasteiger partial charge in [0.1, 0.15) is 5.76 Å². The van der Waals surface area contributed by atoms with E-state index in [1.807, 2.05) is 6.07 Å². The van der Waals surface area contributed by atoms with Crippen LogP contribution >= 0.6 is 0 Å². The van der Waals surface area contributed by atoms with Crippen molar-refractivity contribution >= 4 is 5.82 Å². The molecular formula is C12H18N2O. The van der Waals surface area contributed by atoms with E-state index in [1.165, 1.54) is 19.3 Å². The van der Waals surface area contributed by atoms with Gasteiger partial charge >= 0.3 is 0 Å². The summed E-state index contributed by atoms with van der Waals surface area (Å²) in [6, 6.07) is 1.90. The molecule has 2 N–H and O–H groups in total. The van der Waals surface area contributed by atoms with Crippen LogP contribution in [-0.2, 0) is 0 Å². The third-order valence-corrected chi connectivity index (χ3v) is 4.77. The smallest absolute Gasteiger partial charge is 0.167 e. The second kappa shape index (κ2) is 2.77. The topological polar surface area (TPSA) is 52.0 Å². The SMILES string of the molecule is CC1(C)C2CCC(c3cc(N)no3)C1C2. The summed E-state index contributed by atoms with van der Waals surface area (Å²) in [5.74, 6) is 3.77. The molecule has 3 atom stereocenters. The first-order valence-corrected chi connectivity index (χ1v) is 5.81. The minimum atomic E-state index is 0.491. The molecule has 3 nitrogen and oxygen atoms in total. The molecule has 0 saturated heterocycles. The molecule has 1 heterocycles. The zero-order valence-electron chi connectivity index (χ0n) is 9.36. The summed E-state index contributed by atoms with van der Waals surface area (Å²) in [6.07, 6.45) is 3.93. The summed E-state index contributed by atoms with van der Waals surface area (Å²) in [5, 5.41) is 3.79. The van der Waals surface area contributed by atoms with Crippen molar-refractivity contribution in [3.05, 3.63) is 11.8 Å². The van der Waals surface area contributed by atoms with Crippen LogP contribution in [0.25, 0.3) is 0 Å². The van der Waals surface area contributed by atoms with Gasteiger partial charge in [-0.05, 0) is 36.5 Å². The van der Waals surface area contributed by atoms with Crippen LogP contribution < -0.4 is 5.73 Å². The van der Waals surface area contributed by atoms with Crippen molar-refractivity contribution in [3.8, 4) is 0 Å². The summed E-state index contributed by atoms with van der Waals surface area (Å²) in [6.45, 7) is 4.77. The van der Waals surface area contributed by atoms with E-state index in [1.54, 1.807) is 0 Å². The second-order valence-electron chi connectivity index (χ2n) is 5.70. The van der Waals surface area contributed by atoms with Crippen LogP contribution in [0, 0.1) is 17.3 Å². The number of fused-ring (bicyclic) bond motifs is 2. The molecule has 0 radical (unpaired) electrons. The van der Waals surface area contributed by atoms with Crippen LogP contribution in [0.15, 0.2) is 10.6 Å². The van der Waals surface area contributed by atoms with Crippen molar-refractivity contribution in [2.24, 2.45) is 17.3 Å². The van der Waals surface area contributed by atoms with Gasteiger partial charge < -0.3 is 10.3 Å². The fourth-order valence-corrected chi connectivity index (χ4v) is 3.63. The molecule has 3 saturated carbocycles. The first-order chi connectivity index (χ1) is 7.09. The number of nitrogens with zero attached hydrogens (tertiary/aromatic N) is 1. The van der Waals surface area contributed by atoms with Crippen molar-refractivity contribution in [2.75, 3.05) is 5.73 Å². The van der Waals surface area contributed by atoms with Gasteiger partial charge in [0.05, 0.1) is 0 Å². The van der Waals surface area contributed by atoms with E-state index >= 15 is 0 Å². The molecule has 2 bridgehead atoms. The van der Waals surface area contributed by atoms with Crippen LogP contribution in [0.5, 0.6) is 0 Å². The summed E-state index contributed by atoms with van der Waals surface area (Å²) >= 11 is 0. The molecule has 4 rings (SSSR count). The maximum Gasteiger partial charge on any atom is 0.167 e. The second-order valence-corrected chi connectivity index (χ2v) is 5.70. The lowest BCUT2D eigenvalue weighted by Gasteiger charge is -2.59. The van der Waals surface area contributed by atoms with E-state index in [2.05, 4.69) is 19.0 Å². The Bertz CT molecular complexity index is 381. The maximum absolute atomic E-state index is 5.61. The summed E-state index contributed by atoms with van der Waals surface area (Å²) in [7, 11) is 0. The van der Waals surface area contributed by atoms with Crippen LogP contribution in [0.2, 0.25) is 0 Å². The zero-order valence-corrected chi connectivity index (χ0v) is 9.36. The number of nitrogen functional groups attached to an aromatic ring is 1. The molecule has 0 aromatic carbocycles. The lowest BCUT2D eigenvalue weighted by atomic mass is 9.45. The highest BCUT2D eigenvalue weighted by molar-refractivity contribution is 5.29. The van der Waals surface area contributed by atoms with Crippen LogP contribution in [0.4, 0.5) is 5.82 Å². The number of rotatable bonds is 1.